The molecule has 210 valence electrons. The zero-order valence-electron chi connectivity index (χ0n) is 22.3. The molecule has 0 bridgehead atoms. The summed E-state index contributed by atoms with van der Waals surface area (Å²) >= 11 is 7.36. The number of ether oxygens (including phenoxy) is 2. The van der Waals surface area contributed by atoms with Crippen LogP contribution in [0.2, 0.25) is 5.02 Å². The van der Waals surface area contributed by atoms with Crippen molar-refractivity contribution in [2.45, 2.75) is 46.1 Å². The highest BCUT2D eigenvalue weighted by Gasteiger charge is 2.29. The number of halogens is 2. The molecular weight excluding hydrogens is 557 g/mol. The van der Waals surface area contributed by atoms with E-state index in [2.05, 4.69) is 22.8 Å². The van der Waals surface area contributed by atoms with Crippen molar-refractivity contribution in [3.63, 3.8) is 0 Å². The van der Waals surface area contributed by atoms with Gasteiger partial charge in [-0.1, -0.05) is 24.6 Å². The molecule has 1 aliphatic carbocycles. The Morgan fingerprint density at radius 2 is 1.98 bits per heavy atom. The molecule has 0 spiro atoms. The Bertz CT molecular complexity index is 1420. The Morgan fingerprint density at radius 3 is 2.67 bits per heavy atom. The molecule has 0 fully saturated rings. The number of thiophene rings is 1. The third-order valence-electron chi connectivity index (χ3n) is 6.38. The van der Waals surface area contributed by atoms with Crippen LogP contribution in [0.5, 0.6) is 5.75 Å². The predicted octanol–water partition coefficient (Wildman–Crippen LogP) is 6.01. The molecule has 1 heterocycles. The Kier molecular flexibility index (Phi) is 9.54. The van der Waals surface area contributed by atoms with E-state index in [1.165, 1.54) is 36.5 Å². The predicted molar refractivity (Wildman–Crippen MR) is 153 cm³/mol. The number of hydrogen-bond donors (Lipinski definition) is 2. The van der Waals surface area contributed by atoms with Crippen LogP contribution in [-0.2, 0) is 22.4 Å². The van der Waals surface area contributed by atoms with Crippen molar-refractivity contribution >= 4 is 51.9 Å². The Hall–Kier alpha value is -3.76. The van der Waals surface area contributed by atoms with E-state index in [1.807, 2.05) is 0 Å². The van der Waals surface area contributed by atoms with Gasteiger partial charge in [-0.05, 0) is 81.0 Å². The molecule has 0 radical (unpaired) electrons. The lowest BCUT2D eigenvalue weighted by Gasteiger charge is -2.18. The van der Waals surface area contributed by atoms with Gasteiger partial charge in [0.25, 0.3) is 11.8 Å². The van der Waals surface area contributed by atoms with Crippen molar-refractivity contribution in [3.05, 3.63) is 80.4 Å². The highest BCUT2D eigenvalue weighted by atomic mass is 35.5. The van der Waals surface area contributed by atoms with Gasteiger partial charge < -0.3 is 14.8 Å². The fraction of sp³-hybridized carbons (Fsp3) is 0.310. The number of hydrazone groups is 1. The molecular formula is C29H29ClFN3O5S. The Balaban J connectivity index is 1.38. The molecule has 2 aromatic carbocycles. The third-order valence-corrected chi connectivity index (χ3v) is 7.88. The van der Waals surface area contributed by atoms with Gasteiger partial charge in [-0.3, -0.25) is 9.59 Å². The molecule has 4 rings (SSSR count). The minimum Gasteiger partial charge on any atom is -0.481 e. The fourth-order valence-electron chi connectivity index (χ4n) is 4.26. The summed E-state index contributed by atoms with van der Waals surface area (Å²) in [7, 11) is 0. The van der Waals surface area contributed by atoms with Gasteiger partial charge in [0.1, 0.15) is 16.6 Å². The van der Waals surface area contributed by atoms with Gasteiger partial charge >= 0.3 is 5.97 Å². The van der Waals surface area contributed by atoms with Crippen LogP contribution in [0.25, 0.3) is 0 Å². The average molecular weight is 586 g/mol. The molecule has 0 saturated carbocycles. The summed E-state index contributed by atoms with van der Waals surface area (Å²) in [6, 6.07) is 10.5. The highest BCUT2D eigenvalue weighted by Crippen LogP contribution is 2.40. The van der Waals surface area contributed by atoms with Crippen molar-refractivity contribution in [2.75, 3.05) is 11.9 Å². The van der Waals surface area contributed by atoms with Crippen LogP contribution in [0.1, 0.15) is 63.9 Å². The number of amides is 2. The number of carbonyl (C=O) groups excluding carboxylic acids is 3. The first kappa shape index (κ1) is 29.2. The number of carbonyl (C=O) groups is 3. The zero-order valence-corrected chi connectivity index (χ0v) is 23.8. The summed E-state index contributed by atoms with van der Waals surface area (Å²) in [4.78, 5) is 39.2. The maximum Gasteiger partial charge on any atom is 0.341 e. The van der Waals surface area contributed by atoms with Gasteiger partial charge in [0.2, 0.25) is 0 Å². The number of esters is 1. The molecule has 0 aliphatic heterocycles. The number of benzene rings is 2. The van der Waals surface area contributed by atoms with E-state index in [9.17, 15) is 18.8 Å². The van der Waals surface area contributed by atoms with Crippen molar-refractivity contribution in [3.8, 4) is 5.75 Å². The number of hydrogen-bond acceptors (Lipinski definition) is 7. The van der Waals surface area contributed by atoms with Gasteiger partial charge in [0.05, 0.1) is 23.4 Å². The summed E-state index contributed by atoms with van der Waals surface area (Å²) in [6.07, 6.45) is 2.81. The maximum atomic E-state index is 13.8. The molecule has 2 unspecified atom stereocenters. The van der Waals surface area contributed by atoms with Crippen molar-refractivity contribution in [1.82, 2.24) is 5.43 Å². The lowest BCUT2D eigenvalue weighted by atomic mass is 9.88. The summed E-state index contributed by atoms with van der Waals surface area (Å²) in [5.41, 5.74) is 4.11. The van der Waals surface area contributed by atoms with E-state index in [0.29, 0.717) is 27.8 Å². The monoisotopic (exact) mass is 585 g/mol. The topological polar surface area (TPSA) is 106 Å². The summed E-state index contributed by atoms with van der Waals surface area (Å²) in [5, 5.41) is 7.29. The molecule has 0 saturated heterocycles. The summed E-state index contributed by atoms with van der Waals surface area (Å²) in [6.45, 7) is 5.70. The van der Waals surface area contributed by atoms with E-state index in [4.69, 9.17) is 21.1 Å². The minimum absolute atomic E-state index is 0.0542. The zero-order chi connectivity index (χ0) is 28.8. The van der Waals surface area contributed by atoms with Gasteiger partial charge in [-0.25, -0.2) is 14.6 Å². The number of fused-ring (bicyclic) bond motifs is 1. The minimum atomic E-state index is -0.931. The quantitative estimate of drug-likeness (QED) is 0.182. The largest absolute Gasteiger partial charge is 0.481 e. The van der Waals surface area contributed by atoms with Crippen molar-refractivity contribution < 1.29 is 28.2 Å². The molecule has 8 nitrogen and oxygen atoms in total. The third kappa shape index (κ3) is 6.86. The summed E-state index contributed by atoms with van der Waals surface area (Å²) < 4.78 is 24.7. The van der Waals surface area contributed by atoms with Crippen molar-refractivity contribution in [1.29, 1.82) is 0 Å². The smallest absolute Gasteiger partial charge is 0.341 e. The molecule has 11 heteroatoms. The normalized spacial score (nSPS) is 15.3. The van der Waals surface area contributed by atoms with Crippen LogP contribution in [0.4, 0.5) is 9.39 Å². The second-order valence-electron chi connectivity index (χ2n) is 9.38. The van der Waals surface area contributed by atoms with E-state index in [0.717, 1.165) is 35.9 Å². The first-order valence-electron chi connectivity index (χ1n) is 12.8. The molecule has 2 amide bonds. The van der Waals surface area contributed by atoms with Gasteiger partial charge in [0, 0.05) is 16.0 Å². The SMILES string of the molecule is CCOC(=O)c1c(NC(=O)c2ccc(OC(C)C(=O)NN=Cc3c(F)cccc3Cl)cc2)sc2c1CCC(C)C2. The van der Waals surface area contributed by atoms with Gasteiger partial charge in [0.15, 0.2) is 6.10 Å². The lowest BCUT2D eigenvalue weighted by molar-refractivity contribution is -0.127. The van der Waals surface area contributed by atoms with Crippen molar-refractivity contribution in [2.24, 2.45) is 11.0 Å². The van der Waals surface area contributed by atoms with Crippen LogP contribution >= 0.6 is 22.9 Å². The summed E-state index contributed by atoms with van der Waals surface area (Å²) in [5.74, 6) is -1.07. The second kappa shape index (κ2) is 13.1. The molecule has 40 heavy (non-hydrogen) atoms. The van der Waals surface area contributed by atoms with E-state index < -0.39 is 23.8 Å². The molecule has 1 aliphatic rings. The van der Waals surface area contributed by atoms with Crippen LogP contribution in [0.15, 0.2) is 47.6 Å². The first-order chi connectivity index (χ1) is 19.2. The van der Waals surface area contributed by atoms with E-state index in [1.54, 1.807) is 31.2 Å². The van der Waals surface area contributed by atoms with Crippen LogP contribution in [0.3, 0.4) is 0 Å². The first-order valence-corrected chi connectivity index (χ1v) is 14.0. The lowest BCUT2D eigenvalue weighted by Crippen LogP contribution is -2.33. The number of nitrogens with zero attached hydrogens (tertiary/aromatic N) is 1. The van der Waals surface area contributed by atoms with E-state index >= 15 is 0 Å². The highest BCUT2D eigenvalue weighted by molar-refractivity contribution is 7.17. The number of nitrogens with one attached hydrogen (secondary N) is 2. The molecule has 2 atom stereocenters. The molecule has 3 aromatic rings. The maximum absolute atomic E-state index is 13.8. The fourth-order valence-corrected chi connectivity index (χ4v) is 5.87. The second-order valence-corrected chi connectivity index (χ2v) is 10.9. The van der Waals surface area contributed by atoms with Crippen LogP contribution in [-0.4, -0.2) is 36.7 Å². The Labute approximate surface area is 240 Å². The molecule has 1 aromatic heterocycles. The number of rotatable bonds is 9. The average Bonchev–Trinajstić information content (AvgIpc) is 3.27. The van der Waals surface area contributed by atoms with Crippen LogP contribution in [0, 0.1) is 11.7 Å². The standard InChI is InChI=1S/C29H29ClFN3O5S/c1-4-38-29(37)25-20-13-8-16(2)14-24(20)40-28(25)33-27(36)18-9-11-19(12-10-18)39-17(3)26(35)34-32-15-21-22(30)6-5-7-23(21)31/h5-7,9-12,15-17H,4,8,13-14H2,1-3H3,(H,33,36)(H,34,35). The van der Waals surface area contributed by atoms with Gasteiger partial charge in [-0.2, -0.15) is 5.10 Å². The van der Waals surface area contributed by atoms with E-state index in [-0.39, 0.29) is 23.1 Å². The van der Waals surface area contributed by atoms with Crippen LogP contribution < -0.4 is 15.5 Å². The number of anilines is 1. The Morgan fingerprint density at radius 1 is 1.23 bits per heavy atom. The molecule has 2 N–H and O–H groups in total. The van der Waals surface area contributed by atoms with Gasteiger partial charge in [-0.15, -0.1) is 11.3 Å².